The van der Waals surface area contributed by atoms with Gasteiger partial charge in [-0.1, -0.05) is 26.0 Å². The van der Waals surface area contributed by atoms with Crippen LogP contribution in [-0.2, 0) is 6.54 Å². The topological polar surface area (TPSA) is 73.3 Å². The lowest BCUT2D eigenvalue weighted by Crippen LogP contribution is -2.38. The molecule has 0 aromatic heterocycles. The standard InChI is InChI=1S/C24H35N3O4.HI/c1-16(2)15-31-20-10-8-19(9-11-20)17(3)27-24(25-4)26-14-18-12-21(28-5)23(30-7)22(13-18)29-6;/h8-13,16-17H,14-15H2,1-7H3,(H2,25,26,27);1H. The summed E-state index contributed by atoms with van der Waals surface area (Å²) in [6.45, 7) is 7.63. The van der Waals surface area contributed by atoms with Gasteiger partial charge in [0.1, 0.15) is 5.75 Å². The summed E-state index contributed by atoms with van der Waals surface area (Å²) in [4.78, 5) is 4.34. The van der Waals surface area contributed by atoms with Gasteiger partial charge in [0.05, 0.1) is 34.0 Å². The van der Waals surface area contributed by atoms with Gasteiger partial charge in [-0.05, 0) is 48.2 Å². The van der Waals surface area contributed by atoms with Gasteiger partial charge in [0.25, 0.3) is 0 Å². The molecule has 1 atom stereocenters. The lowest BCUT2D eigenvalue weighted by Gasteiger charge is -2.19. The van der Waals surface area contributed by atoms with E-state index in [0.717, 1.165) is 16.9 Å². The Morgan fingerprint density at radius 2 is 1.53 bits per heavy atom. The number of rotatable bonds is 10. The monoisotopic (exact) mass is 557 g/mol. The zero-order valence-corrected chi connectivity index (χ0v) is 22.4. The van der Waals surface area contributed by atoms with Crippen molar-refractivity contribution >= 4 is 29.9 Å². The van der Waals surface area contributed by atoms with Crippen LogP contribution >= 0.6 is 24.0 Å². The summed E-state index contributed by atoms with van der Waals surface area (Å²) < 4.78 is 22.0. The van der Waals surface area contributed by atoms with Crippen LogP contribution in [0.25, 0.3) is 0 Å². The molecule has 8 heteroatoms. The summed E-state index contributed by atoms with van der Waals surface area (Å²) >= 11 is 0. The second-order valence-electron chi connectivity index (χ2n) is 7.60. The molecule has 0 bridgehead atoms. The predicted octanol–water partition coefficient (Wildman–Crippen LogP) is 4.79. The van der Waals surface area contributed by atoms with Crippen LogP contribution in [0, 0.1) is 5.92 Å². The Bertz CT molecular complexity index is 832. The quantitative estimate of drug-likeness (QED) is 0.249. The fraction of sp³-hybridized carbons (Fsp3) is 0.458. The first-order chi connectivity index (χ1) is 14.9. The average Bonchev–Trinajstić information content (AvgIpc) is 2.79. The molecule has 0 saturated heterocycles. The van der Waals surface area contributed by atoms with Crippen LogP contribution < -0.4 is 29.6 Å². The second-order valence-corrected chi connectivity index (χ2v) is 7.60. The summed E-state index contributed by atoms with van der Waals surface area (Å²) in [6.07, 6.45) is 0. The number of benzene rings is 2. The Morgan fingerprint density at radius 1 is 0.938 bits per heavy atom. The van der Waals surface area contributed by atoms with E-state index in [-0.39, 0.29) is 30.0 Å². The zero-order valence-electron chi connectivity index (χ0n) is 20.0. The molecule has 0 aliphatic rings. The molecule has 2 aromatic carbocycles. The Labute approximate surface area is 208 Å². The summed E-state index contributed by atoms with van der Waals surface area (Å²) in [5.41, 5.74) is 2.13. The van der Waals surface area contributed by atoms with Crippen molar-refractivity contribution in [1.29, 1.82) is 0 Å². The van der Waals surface area contributed by atoms with Crippen LogP contribution in [0.2, 0.25) is 0 Å². The third-order valence-corrected chi connectivity index (χ3v) is 4.72. The molecule has 0 heterocycles. The van der Waals surface area contributed by atoms with Crippen molar-refractivity contribution in [2.75, 3.05) is 35.0 Å². The van der Waals surface area contributed by atoms with Crippen molar-refractivity contribution in [2.45, 2.75) is 33.4 Å². The zero-order chi connectivity index (χ0) is 22.8. The number of nitrogens with zero attached hydrogens (tertiary/aromatic N) is 1. The van der Waals surface area contributed by atoms with E-state index in [0.29, 0.717) is 42.3 Å². The van der Waals surface area contributed by atoms with Crippen molar-refractivity contribution in [3.05, 3.63) is 47.5 Å². The molecule has 0 spiro atoms. The first-order valence-electron chi connectivity index (χ1n) is 10.4. The minimum atomic E-state index is 0. The number of aliphatic imine (C=N–C) groups is 1. The van der Waals surface area contributed by atoms with Crippen LogP contribution in [0.15, 0.2) is 41.4 Å². The van der Waals surface area contributed by atoms with Gasteiger partial charge in [0.2, 0.25) is 5.75 Å². The van der Waals surface area contributed by atoms with E-state index >= 15 is 0 Å². The summed E-state index contributed by atoms with van der Waals surface area (Å²) in [5, 5.41) is 6.75. The van der Waals surface area contributed by atoms with Crippen molar-refractivity contribution < 1.29 is 18.9 Å². The first-order valence-corrected chi connectivity index (χ1v) is 10.4. The molecule has 1 unspecified atom stereocenters. The Morgan fingerprint density at radius 3 is 2.00 bits per heavy atom. The molecule has 0 aliphatic carbocycles. The maximum atomic E-state index is 5.76. The normalized spacial score (nSPS) is 11.9. The van der Waals surface area contributed by atoms with Crippen LogP contribution in [0.4, 0.5) is 0 Å². The number of nitrogens with one attached hydrogen (secondary N) is 2. The van der Waals surface area contributed by atoms with E-state index in [2.05, 4.69) is 48.5 Å². The van der Waals surface area contributed by atoms with E-state index in [9.17, 15) is 0 Å². The van der Waals surface area contributed by atoms with Gasteiger partial charge in [-0.2, -0.15) is 0 Å². The highest BCUT2D eigenvalue weighted by atomic mass is 127. The lowest BCUT2D eigenvalue weighted by atomic mass is 10.1. The average molecular weight is 557 g/mol. The molecule has 2 aromatic rings. The Balaban J connectivity index is 0.00000512. The van der Waals surface area contributed by atoms with Crippen molar-refractivity contribution in [1.82, 2.24) is 10.6 Å². The summed E-state index contributed by atoms with van der Waals surface area (Å²) in [5.74, 6) is 3.89. The van der Waals surface area contributed by atoms with Gasteiger partial charge in [-0.3, -0.25) is 4.99 Å². The SMILES string of the molecule is CN=C(NCc1cc(OC)c(OC)c(OC)c1)NC(C)c1ccc(OCC(C)C)cc1.I. The van der Waals surface area contributed by atoms with Gasteiger partial charge >= 0.3 is 0 Å². The number of ether oxygens (including phenoxy) is 4. The maximum absolute atomic E-state index is 5.76. The molecule has 0 amide bonds. The molecular formula is C24H36IN3O4. The molecule has 178 valence electrons. The molecule has 7 nitrogen and oxygen atoms in total. The Hall–Kier alpha value is -2.36. The lowest BCUT2D eigenvalue weighted by molar-refractivity contribution is 0.271. The van der Waals surface area contributed by atoms with E-state index in [4.69, 9.17) is 18.9 Å². The van der Waals surface area contributed by atoms with Crippen LogP contribution in [0.3, 0.4) is 0 Å². The maximum Gasteiger partial charge on any atom is 0.203 e. The summed E-state index contributed by atoms with van der Waals surface area (Å²) in [7, 11) is 6.56. The fourth-order valence-corrected chi connectivity index (χ4v) is 3.02. The van der Waals surface area contributed by atoms with E-state index < -0.39 is 0 Å². The molecule has 2 rings (SSSR count). The molecule has 32 heavy (non-hydrogen) atoms. The minimum absolute atomic E-state index is 0. The number of guanidine groups is 1. The van der Waals surface area contributed by atoms with Crippen LogP contribution in [-0.4, -0.2) is 40.9 Å². The summed E-state index contributed by atoms with van der Waals surface area (Å²) in [6, 6.07) is 12.1. The second kappa shape index (κ2) is 13.9. The smallest absolute Gasteiger partial charge is 0.203 e. The van der Waals surface area contributed by atoms with E-state index in [1.54, 1.807) is 28.4 Å². The van der Waals surface area contributed by atoms with Crippen LogP contribution in [0.1, 0.15) is 37.9 Å². The van der Waals surface area contributed by atoms with Gasteiger partial charge in [0.15, 0.2) is 17.5 Å². The van der Waals surface area contributed by atoms with Crippen molar-refractivity contribution in [3.63, 3.8) is 0 Å². The first kappa shape index (κ1) is 27.7. The largest absolute Gasteiger partial charge is 0.493 e. The molecular weight excluding hydrogens is 521 g/mol. The highest BCUT2D eigenvalue weighted by molar-refractivity contribution is 14.0. The number of hydrogen-bond acceptors (Lipinski definition) is 5. The van der Waals surface area contributed by atoms with Crippen LogP contribution in [0.5, 0.6) is 23.0 Å². The molecule has 0 aliphatic heterocycles. The highest BCUT2D eigenvalue weighted by Gasteiger charge is 2.14. The highest BCUT2D eigenvalue weighted by Crippen LogP contribution is 2.38. The van der Waals surface area contributed by atoms with E-state index in [1.807, 2.05) is 24.3 Å². The predicted molar refractivity (Wildman–Crippen MR) is 140 cm³/mol. The number of hydrogen-bond donors (Lipinski definition) is 2. The van der Waals surface area contributed by atoms with E-state index in [1.165, 1.54) is 0 Å². The Kier molecular flexibility index (Phi) is 12.0. The molecule has 0 saturated carbocycles. The number of methoxy groups -OCH3 is 3. The molecule has 2 N–H and O–H groups in total. The third kappa shape index (κ3) is 7.96. The van der Waals surface area contributed by atoms with Crippen molar-refractivity contribution in [2.24, 2.45) is 10.9 Å². The molecule has 0 fully saturated rings. The minimum Gasteiger partial charge on any atom is -0.493 e. The van der Waals surface area contributed by atoms with Gasteiger partial charge < -0.3 is 29.6 Å². The number of halogens is 1. The third-order valence-electron chi connectivity index (χ3n) is 4.72. The van der Waals surface area contributed by atoms with Gasteiger partial charge in [-0.15, -0.1) is 24.0 Å². The van der Waals surface area contributed by atoms with Gasteiger partial charge in [-0.25, -0.2) is 0 Å². The van der Waals surface area contributed by atoms with Gasteiger partial charge in [0, 0.05) is 13.6 Å². The fourth-order valence-electron chi connectivity index (χ4n) is 3.02. The molecule has 0 radical (unpaired) electrons. The van der Waals surface area contributed by atoms with Crippen molar-refractivity contribution in [3.8, 4) is 23.0 Å².